The standard InChI is InChI=1S/C17H16FNO4/c1-11(16(20)19-14-9-5-4-8-13(14)18)23-17(21)12-7-3-6-10-15(12)22-2/h3-11H,1-2H3,(H,19,20)/t11-/m0/s1. The van der Waals surface area contributed by atoms with Crippen LogP contribution in [0.2, 0.25) is 0 Å². The zero-order chi connectivity index (χ0) is 16.8. The van der Waals surface area contributed by atoms with Crippen molar-refractivity contribution >= 4 is 17.6 Å². The molecule has 0 saturated heterocycles. The molecule has 0 aromatic heterocycles. The number of para-hydroxylation sites is 2. The molecule has 0 radical (unpaired) electrons. The summed E-state index contributed by atoms with van der Waals surface area (Å²) in [4.78, 5) is 24.1. The number of benzene rings is 2. The quantitative estimate of drug-likeness (QED) is 0.861. The predicted molar refractivity (Wildman–Crippen MR) is 82.9 cm³/mol. The van der Waals surface area contributed by atoms with Crippen molar-refractivity contribution in [3.8, 4) is 5.75 Å². The third-order valence-corrected chi connectivity index (χ3v) is 3.11. The third kappa shape index (κ3) is 4.06. The number of rotatable bonds is 5. The highest BCUT2D eigenvalue weighted by Crippen LogP contribution is 2.19. The number of carbonyl (C=O) groups is 2. The Morgan fingerprint density at radius 1 is 1.09 bits per heavy atom. The highest BCUT2D eigenvalue weighted by atomic mass is 19.1. The maximum absolute atomic E-state index is 13.5. The van der Waals surface area contributed by atoms with Crippen molar-refractivity contribution in [1.29, 1.82) is 0 Å². The van der Waals surface area contributed by atoms with Crippen LogP contribution in [-0.2, 0) is 9.53 Å². The molecule has 0 aliphatic heterocycles. The van der Waals surface area contributed by atoms with Crippen LogP contribution >= 0.6 is 0 Å². The first-order valence-electron chi connectivity index (χ1n) is 6.92. The van der Waals surface area contributed by atoms with E-state index in [9.17, 15) is 14.0 Å². The molecule has 1 amide bonds. The molecule has 6 heteroatoms. The third-order valence-electron chi connectivity index (χ3n) is 3.11. The number of hydrogen-bond acceptors (Lipinski definition) is 4. The Labute approximate surface area is 133 Å². The van der Waals surface area contributed by atoms with Crippen molar-refractivity contribution in [2.24, 2.45) is 0 Å². The van der Waals surface area contributed by atoms with Crippen LogP contribution in [0.3, 0.4) is 0 Å². The van der Waals surface area contributed by atoms with Gasteiger partial charge in [0.1, 0.15) is 17.1 Å². The Kier molecular flexibility index (Phi) is 5.30. The van der Waals surface area contributed by atoms with Gasteiger partial charge in [-0.05, 0) is 31.2 Å². The van der Waals surface area contributed by atoms with Crippen molar-refractivity contribution in [2.45, 2.75) is 13.0 Å². The lowest BCUT2D eigenvalue weighted by Crippen LogP contribution is -2.30. The lowest BCUT2D eigenvalue weighted by atomic mass is 10.2. The molecule has 0 saturated carbocycles. The summed E-state index contributed by atoms with van der Waals surface area (Å²) in [5, 5.41) is 2.37. The van der Waals surface area contributed by atoms with E-state index in [2.05, 4.69) is 5.32 Å². The molecule has 0 aliphatic carbocycles. The molecule has 0 unspecified atom stereocenters. The van der Waals surface area contributed by atoms with Crippen LogP contribution in [0.1, 0.15) is 17.3 Å². The van der Waals surface area contributed by atoms with Gasteiger partial charge < -0.3 is 14.8 Å². The molecule has 2 aromatic carbocycles. The van der Waals surface area contributed by atoms with E-state index in [4.69, 9.17) is 9.47 Å². The molecule has 0 aliphatic rings. The normalized spacial score (nSPS) is 11.4. The topological polar surface area (TPSA) is 64.6 Å². The van der Waals surface area contributed by atoms with E-state index in [-0.39, 0.29) is 11.3 Å². The maximum atomic E-state index is 13.5. The first kappa shape index (κ1) is 16.5. The first-order chi connectivity index (χ1) is 11.0. The summed E-state index contributed by atoms with van der Waals surface area (Å²) in [5.74, 6) is -1.54. The molecule has 0 bridgehead atoms. The van der Waals surface area contributed by atoms with E-state index in [0.29, 0.717) is 5.75 Å². The largest absolute Gasteiger partial charge is 0.496 e. The summed E-state index contributed by atoms with van der Waals surface area (Å²) >= 11 is 0. The molecule has 1 N–H and O–H groups in total. The Balaban J connectivity index is 2.03. The highest BCUT2D eigenvalue weighted by Gasteiger charge is 2.21. The molecule has 0 spiro atoms. The zero-order valence-electron chi connectivity index (χ0n) is 12.7. The minimum absolute atomic E-state index is 0.0256. The second kappa shape index (κ2) is 7.40. The number of hydrogen-bond donors (Lipinski definition) is 1. The molecule has 0 heterocycles. The lowest BCUT2D eigenvalue weighted by molar-refractivity contribution is -0.123. The van der Waals surface area contributed by atoms with Crippen LogP contribution in [0.15, 0.2) is 48.5 Å². The van der Waals surface area contributed by atoms with Gasteiger partial charge in [-0.25, -0.2) is 9.18 Å². The fraction of sp³-hybridized carbons (Fsp3) is 0.176. The van der Waals surface area contributed by atoms with Crippen molar-refractivity contribution in [2.75, 3.05) is 12.4 Å². The summed E-state index contributed by atoms with van der Waals surface area (Å²) in [6, 6.07) is 12.2. The van der Waals surface area contributed by atoms with Gasteiger partial charge in [0.05, 0.1) is 12.8 Å². The SMILES string of the molecule is COc1ccccc1C(=O)O[C@@H](C)C(=O)Nc1ccccc1F. The second-order valence-corrected chi connectivity index (χ2v) is 4.72. The van der Waals surface area contributed by atoms with Crippen LogP contribution in [0.4, 0.5) is 10.1 Å². The number of anilines is 1. The van der Waals surface area contributed by atoms with Gasteiger partial charge in [-0.1, -0.05) is 24.3 Å². The van der Waals surface area contributed by atoms with Gasteiger partial charge in [0.2, 0.25) is 0 Å². The molecular weight excluding hydrogens is 301 g/mol. The fourth-order valence-electron chi connectivity index (χ4n) is 1.89. The van der Waals surface area contributed by atoms with Gasteiger partial charge in [-0.2, -0.15) is 0 Å². The smallest absolute Gasteiger partial charge is 0.342 e. The number of amides is 1. The number of nitrogens with one attached hydrogen (secondary N) is 1. The molecule has 2 rings (SSSR count). The van der Waals surface area contributed by atoms with Crippen molar-refractivity contribution < 1.29 is 23.5 Å². The molecule has 23 heavy (non-hydrogen) atoms. The first-order valence-corrected chi connectivity index (χ1v) is 6.92. The number of methoxy groups -OCH3 is 1. The van der Waals surface area contributed by atoms with Crippen LogP contribution < -0.4 is 10.1 Å². The van der Waals surface area contributed by atoms with Gasteiger partial charge in [-0.15, -0.1) is 0 Å². The maximum Gasteiger partial charge on any atom is 0.342 e. The van der Waals surface area contributed by atoms with Gasteiger partial charge in [0, 0.05) is 0 Å². The minimum Gasteiger partial charge on any atom is -0.496 e. The van der Waals surface area contributed by atoms with Crippen molar-refractivity contribution in [3.63, 3.8) is 0 Å². The molecule has 1 atom stereocenters. The fourth-order valence-corrected chi connectivity index (χ4v) is 1.89. The Morgan fingerprint density at radius 3 is 2.43 bits per heavy atom. The van der Waals surface area contributed by atoms with Crippen molar-refractivity contribution in [1.82, 2.24) is 0 Å². The summed E-state index contributed by atoms with van der Waals surface area (Å²) in [6.07, 6.45) is -1.09. The van der Waals surface area contributed by atoms with E-state index in [1.165, 1.54) is 38.3 Å². The monoisotopic (exact) mass is 317 g/mol. The highest BCUT2D eigenvalue weighted by molar-refractivity contribution is 5.98. The Morgan fingerprint density at radius 2 is 1.74 bits per heavy atom. The van der Waals surface area contributed by atoms with Crippen LogP contribution in [-0.4, -0.2) is 25.1 Å². The summed E-state index contributed by atoms with van der Waals surface area (Å²) in [7, 11) is 1.43. The lowest BCUT2D eigenvalue weighted by Gasteiger charge is -2.15. The van der Waals surface area contributed by atoms with Gasteiger partial charge in [0.15, 0.2) is 6.10 Å². The molecule has 120 valence electrons. The van der Waals surface area contributed by atoms with Crippen LogP contribution in [0.5, 0.6) is 5.75 Å². The number of carbonyl (C=O) groups excluding carboxylic acids is 2. The van der Waals surface area contributed by atoms with E-state index < -0.39 is 23.8 Å². The molecular formula is C17H16FNO4. The Bertz CT molecular complexity index is 717. The summed E-state index contributed by atoms with van der Waals surface area (Å²) < 4.78 is 23.7. The zero-order valence-corrected chi connectivity index (χ0v) is 12.7. The van der Waals surface area contributed by atoms with Gasteiger partial charge in [0.25, 0.3) is 5.91 Å². The number of ether oxygens (including phenoxy) is 2. The number of esters is 1. The van der Waals surface area contributed by atoms with Gasteiger partial charge in [-0.3, -0.25) is 4.79 Å². The summed E-state index contributed by atoms with van der Waals surface area (Å²) in [5.41, 5.74) is 0.234. The van der Waals surface area contributed by atoms with E-state index in [1.807, 2.05) is 0 Å². The van der Waals surface area contributed by atoms with Crippen molar-refractivity contribution in [3.05, 3.63) is 59.9 Å². The number of halogens is 1. The minimum atomic E-state index is -1.09. The average molecular weight is 317 g/mol. The Hall–Kier alpha value is -2.89. The second-order valence-electron chi connectivity index (χ2n) is 4.72. The van der Waals surface area contributed by atoms with E-state index in [1.54, 1.807) is 24.3 Å². The molecule has 2 aromatic rings. The van der Waals surface area contributed by atoms with Crippen LogP contribution in [0.25, 0.3) is 0 Å². The molecule has 0 fully saturated rings. The van der Waals surface area contributed by atoms with Crippen LogP contribution in [0, 0.1) is 5.82 Å². The van der Waals surface area contributed by atoms with E-state index in [0.717, 1.165) is 0 Å². The van der Waals surface area contributed by atoms with E-state index >= 15 is 0 Å². The summed E-state index contributed by atoms with van der Waals surface area (Å²) in [6.45, 7) is 1.41. The molecule has 5 nitrogen and oxygen atoms in total. The average Bonchev–Trinajstić information content (AvgIpc) is 2.56. The predicted octanol–water partition coefficient (Wildman–Crippen LogP) is 3.02. The van der Waals surface area contributed by atoms with Gasteiger partial charge >= 0.3 is 5.97 Å².